The summed E-state index contributed by atoms with van der Waals surface area (Å²) in [5.41, 5.74) is 0.281. The summed E-state index contributed by atoms with van der Waals surface area (Å²) in [6.07, 6.45) is 4.81. The summed E-state index contributed by atoms with van der Waals surface area (Å²) < 4.78 is 6.83. The van der Waals surface area contributed by atoms with E-state index in [9.17, 15) is 20.2 Å². The second-order valence-corrected chi connectivity index (χ2v) is 4.66. The Morgan fingerprint density at radius 2 is 1.83 bits per heavy atom. The van der Waals surface area contributed by atoms with E-state index in [1.807, 2.05) is 0 Å². The Kier molecular flexibility index (Phi) is 3.55. The number of hydrogen-bond acceptors (Lipinski definition) is 5. The molecule has 0 bridgehead atoms. The lowest BCUT2D eigenvalue weighted by Crippen LogP contribution is -2.30. The number of furan rings is 1. The smallest absolute Gasteiger partial charge is 0.347 e. The maximum atomic E-state index is 11.2. The lowest BCUT2D eigenvalue weighted by Gasteiger charge is -2.00. The van der Waals surface area contributed by atoms with Gasteiger partial charge in [-0.05, 0) is 18.2 Å². The summed E-state index contributed by atoms with van der Waals surface area (Å²) >= 11 is 0. The highest BCUT2D eigenvalue weighted by Crippen LogP contribution is 2.25. The van der Waals surface area contributed by atoms with E-state index in [4.69, 9.17) is 4.42 Å². The zero-order valence-corrected chi connectivity index (χ0v) is 11.7. The third kappa shape index (κ3) is 2.77. The Morgan fingerprint density at radius 3 is 2.48 bits per heavy atom. The fraction of sp³-hybridized carbons (Fsp3) is 0. The van der Waals surface area contributed by atoms with Crippen LogP contribution in [0.15, 0.2) is 65.5 Å². The molecule has 0 amide bonds. The van der Waals surface area contributed by atoms with Gasteiger partial charge in [-0.2, -0.15) is 4.57 Å². The van der Waals surface area contributed by atoms with E-state index in [1.165, 1.54) is 23.0 Å². The van der Waals surface area contributed by atoms with Crippen LogP contribution >= 0.6 is 0 Å². The summed E-state index contributed by atoms with van der Waals surface area (Å²) in [6, 6.07) is 10.5. The van der Waals surface area contributed by atoms with Crippen LogP contribution in [-0.4, -0.2) is 9.85 Å². The molecular formula is C15H10N3O5+. The Morgan fingerprint density at radius 1 is 1.00 bits per heavy atom. The highest BCUT2D eigenvalue weighted by Gasteiger charge is 2.26. The van der Waals surface area contributed by atoms with E-state index in [1.54, 1.807) is 36.7 Å². The van der Waals surface area contributed by atoms with Crippen LogP contribution in [0.2, 0.25) is 0 Å². The summed E-state index contributed by atoms with van der Waals surface area (Å²) in [5.74, 6) is 0.615. The predicted molar refractivity (Wildman–Crippen MR) is 79.0 cm³/mol. The largest absolute Gasteiger partial charge is 0.464 e. The van der Waals surface area contributed by atoms with Crippen molar-refractivity contribution in [2.75, 3.05) is 0 Å². The minimum absolute atomic E-state index is 0.231. The molecule has 0 spiro atoms. The SMILES string of the molecule is O=[N+]([O-])c1ccc(-[n+]2cccc(-c3ccco3)c2)c([N+](=O)[O-])c1. The van der Waals surface area contributed by atoms with Crippen molar-refractivity contribution in [3.8, 4) is 17.0 Å². The molecule has 114 valence electrons. The summed E-state index contributed by atoms with van der Waals surface area (Å²) in [5, 5.41) is 22.0. The molecule has 0 aliphatic heterocycles. The van der Waals surface area contributed by atoms with E-state index >= 15 is 0 Å². The Bertz CT molecular complexity index is 890. The van der Waals surface area contributed by atoms with Crippen molar-refractivity contribution in [1.82, 2.24) is 0 Å². The van der Waals surface area contributed by atoms with Crippen molar-refractivity contribution in [2.24, 2.45) is 0 Å². The van der Waals surface area contributed by atoms with Gasteiger partial charge in [0.15, 0.2) is 12.4 Å². The second-order valence-electron chi connectivity index (χ2n) is 4.66. The number of pyridine rings is 1. The average Bonchev–Trinajstić information content (AvgIpc) is 3.09. The minimum Gasteiger partial charge on any atom is -0.464 e. The van der Waals surface area contributed by atoms with Gasteiger partial charge in [0.2, 0.25) is 0 Å². The third-order valence-electron chi connectivity index (χ3n) is 3.25. The number of hydrogen-bond donors (Lipinski definition) is 0. The van der Waals surface area contributed by atoms with Gasteiger partial charge in [0.05, 0.1) is 21.7 Å². The van der Waals surface area contributed by atoms with Crippen LogP contribution in [0.25, 0.3) is 17.0 Å². The number of nitro benzene ring substituents is 2. The molecule has 23 heavy (non-hydrogen) atoms. The van der Waals surface area contributed by atoms with Gasteiger partial charge in [0, 0.05) is 18.2 Å². The van der Waals surface area contributed by atoms with Crippen LogP contribution in [0, 0.1) is 20.2 Å². The first-order valence-electron chi connectivity index (χ1n) is 6.54. The van der Waals surface area contributed by atoms with Crippen molar-refractivity contribution in [3.05, 3.63) is 81.4 Å². The maximum Gasteiger partial charge on any atom is 0.347 e. The Labute approximate surface area is 129 Å². The van der Waals surface area contributed by atoms with Crippen LogP contribution in [-0.2, 0) is 0 Å². The summed E-state index contributed by atoms with van der Waals surface area (Å²) in [7, 11) is 0. The van der Waals surface area contributed by atoms with Gasteiger partial charge in [-0.1, -0.05) is 0 Å². The van der Waals surface area contributed by atoms with E-state index < -0.39 is 9.85 Å². The van der Waals surface area contributed by atoms with Gasteiger partial charge < -0.3 is 4.42 Å². The molecule has 0 saturated heterocycles. The molecule has 3 aromatic rings. The van der Waals surface area contributed by atoms with Gasteiger partial charge >= 0.3 is 5.69 Å². The fourth-order valence-electron chi connectivity index (χ4n) is 2.20. The molecule has 0 fully saturated rings. The molecule has 0 radical (unpaired) electrons. The van der Waals surface area contributed by atoms with Gasteiger partial charge in [-0.25, -0.2) is 0 Å². The van der Waals surface area contributed by atoms with Crippen LogP contribution in [0.4, 0.5) is 11.4 Å². The van der Waals surface area contributed by atoms with Crippen LogP contribution < -0.4 is 4.57 Å². The molecule has 0 aliphatic rings. The predicted octanol–water partition coefficient (Wildman–Crippen LogP) is 3.04. The van der Waals surface area contributed by atoms with E-state index in [0.717, 1.165) is 11.6 Å². The summed E-state index contributed by atoms with van der Waals surface area (Å²) in [6.45, 7) is 0. The average molecular weight is 312 g/mol. The zero-order chi connectivity index (χ0) is 16.4. The number of nitrogens with zero attached hydrogens (tertiary/aromatic N) is 3. The Hall–Kier alpha value is -3.55. The number of nitro groups is 2. The van der Waals surface area contributed by atoms with E-state index in [-0.39, 0.29) is 17.1 Å². The zero-order valence-electron chi connectivity index (χ0n) is 11.7. The first-order chi connectivity index (χ1) is 11.1. The van der Waals surface area contributed by atoms with E-state index in [0.29, 0.717) is 5.76 Å². The number of rotatable bonds is 4. The van der Waals surface area contributed by atoms with Gasteiger partial charge in [0.1, 0.15) is 11.8 Å². The molecule has 2 aromatic heterocycles. The quantitative estimate of drug-likeness (QED) is 0.418. The van der Waals surface area contributed by atoms with Gasteiger partial charge in [-0.15, -0.1) is 0 Å². The highest BCUT2D eigenvalue weighted by atomic mass is 16.6. The van der Waals surface area contributed by atoms with Crippen molar-refractivity contribution >= 4 is 11.4 Å². The van der Waals surface area contributed by atoms with Crippen LogP contribution in [0.1, 0.15) is 0 Å². The minimum atomic E-state index is -0.666. The first-order valence-corrected chi connectivity index (χ1v) is 6.54. The molecular weight excluding hydrogens is 302 g/mol. The number of non-ortho nitro benzene ring substituents is 1. The van der Waals surface area contributed by atoms with Crippen molar-refractivity contribution in [3.63, 3.8) is 0 Å². The monoisotopic (exact) mass is 312 g/mol. The third-order valence-corrected chi connectivity index (χ3v) is 3.25. The standard InChI is InChI=1S/C15H10N3O5/c19-17(20)12-5-6-13(14(9-12)18(21)22)16-7-1-3-11(10-16)15-4-2-8-23-15/h1-10H/q+1. The van der Waals surface area contributed by atoms with Gasteiger partial charge in [-0.3, -0.25) is 20.2 Å². The Balaban J connectivity index is 2.13. The molecule has 3 rings (SSSR count). The topological polar surface area (TPSA) is 103 Å². The molecule has 0 atom stereocenters. The molecule has 8 nitrogen and oxygen atoms in total. The molecule has 2 heterocycles. The number of benzene rings is 1. The highest BCUT2D eigenvalue weighted by molar-refractivity contribution is 5.56. The molecule has 0 unspecified atom stereocenters. The van der Waals surface area contributed by atoms with Crippen LogP contribution in [0.5, 0.6) is 0 Å². The van der Waals surface area contributed by atoms with Crippen molar-refractivity contribution in [1.29, 1.82) is 0 Å². The van der Waals surface area contributed by atoms with Crippen molar-refractivity contribution < 1.29 is 18.8 Å². The maximum absolute atomic E-state index is 11.2. The van der Waals surface area contributed by atoms with E-state index in [2.05, 4.69) is 0 Å². The summed E-state index contributed by atoms with van der Waals surface area (Å²) in [4.78, 5) is 20.7. The lowest BCUT2D eigenvalue weighted by atomic mass is 10.2. The normalized spacial score (nSPS) is 10.4. The molecule has 1 aromatic carbocycles. The second kappa shape index (κ2) is 5.68. The molecule has 8 heteroatoms. The van der Waals surface area contributed by atoms with Crippen molar-refractivity contribution in [2.45, 2.75) is 0 Å². The molecule has 0 N–H and O–H groups in total. The number of aromatic nitrogens is 1. The van der Waals surface area contributed by atoms with Gasteiger partial charge in [0.25, 0.3) is 11.4 Å². The molecule has 0 aliphatic carbocycles. The first kappa shape index (κ1) is 14.4. The fourth-order valence-corrected chi connectivity index (χ4v) is 2.20. The molecule has 0 saturated carbocycles. The van der Waals surface area contributed by atoms with Crippen LogP contribution in [0.3, 0.4) is 0 Å². The lowest BCUT2D eigenvalue weighted by molar-refractivity contribution is -0.600.